The molecule has 2 fully saturated rings. The average molecular weight is 478 g/mol. The van der Waals surface area contributed by atoms with Crippen LogP contribution in [0.25, 0.3) is 10.3 Å². The van der Waals surface area contributed by atoms with Crippen molar-refractivity contribution < 1.29 is 4.79 Å². The minimum atomic E-state index is 0.0110. The molecule has 5 heterocycles. The van der Waals surface area contributed by atoms with E-state index in [2.05, 4.69) is 44.2 Å². The standard InChI is InChI=1S/C25H31N7OS/c1-2-23(33)32-13-8-19(9-14-32)27-21-15-18(17-31-11-4-3-5-12-31)16-22(29-21)30-25-28-20-7-6-10-26-24(20)34-25/h2,6-7,10,15-16,19H,1,3-5,8-9,11-14,17H2,(H2,27,28,29,30). The third-order valence-corrected chi connectivity index (χ3v) is 7.37. The molecule has 0 radical (unpaired) electrons. The Hall–Kier alpha value is -3.04. The predicted molar refractivity (Wildman–Crippen MR) is 137 cm³/mol. The van der Waals surface area contributed by atoms with Gasteiger partial charge < -0.3 is 15.5 Å². The first-order chi connectivity index (χ1) is 16.7. The lowest BCUT2D eigenvalue weighted by Crippen LogP contribution is -2.41. The van der Waals surface area contributed by atoms with Crippen molar-refractivity contribution in [1.82, 2.24) is 24.8 Å². The van der Waals surface area contributed by atoms with Crippen LogP contribution < -0.4 is 10.6 Å². The molecule has 0 atom stereocenters. The second-order valence-electron chi connectivity index (χ2n) is 9.00. The van der Waals surface area contributed by atoms with Crippen molar-refractivity contribution in [2.45, 2.75) is 44.7 Å². The summed E-state index contributed by atoms with van der Waals surface area (Å²) in [6, 6.07) is 8.46. The molecule has 0 unspecified atom stereocenters. The summed E-state index contributed by atoms with van der Waals surface area (Å²) in [5, 5.41) is 7.83. The molecule has 5 rings (SSSR count). The maximum atomic E-state index is 11.9. The molecule has 2 saturated heterocycles. The summed E-state index contributed by atoms with van der Waals surface area (Å²) in [5.41, 5.74) is 2.12. The minimum absolute atomic E-state index is 0.0110. The van der Waals surface area contributed by atoms with Crippen molar-refractivity contribution in [1.29, 1.82) is 0 Å². The number of anilines is 3. The largest absolute Gasteiger partial charge is 0.367 e. The van der Waals surface area contributed by atoms with E-state index in [4.69, 9.17) is 4.98 Å². The van der Waals surface area contributed by atoms with Gasteiger partial charge in [0, 0.05) is 31.9 Å². The number of aromatic nitrogens is 3. The van der Waals surface area contributed by atoms with E-state index in [0.29, 0.717) is 0 Å². The molecule has 8 nitrogen and oxygen atoms in total. The number of hydrogen-bond donors (Lipinski definition) is 2. The van der Waals surface area contributed by atoms with Gasteiger partial charge in [-0.3, -0.25) is 9.69 Å². The average Bonchev–Trinajstić information content (AvgIpc) is 3.27. The highest BCUT2D eigenvalue weighted by Gasteiger charge is 2.22. The summed E-state index contributed by atoms with van der Waals surface area (Å²) < 4.78 is 0. The van der Waals surface area contributed by atoms with Gasteiger partial charge in [-0.15, -0.1) is 0 Å². The molecule has 1 amide bonds. The molecule has 2 aliphatic heterocycles. The molecule has 3 aromatic rings. The fourth-order valence-electron chi connectivity index (χ4n) is 4.71. The molecule has 0 aliphatic carbocycles. The van der Waals surface area contributed by atoms with E-state index in [1.54, 1.807) is 6.20 Å². The summed E-state index contributed by atoms with van der Waals surface area (Å²) in [6.45, 7) is 8.28. The number of nitrogens with one attached hydrogen (secondary N) is 2. The molecule has 2 N–H and O–H groups in total. The number of likely N-dealkylation sites (tertiary alicyclic amines) is 2. The number of rotatable bonds is 7. The second kappa shape index (κ2) is 10.5. The van der Waals surface area contributed by atoms with Gasteiger partial charge in [0.05, 0.1) is 0 Å². The van der Waals surface area contributed by atoms with Crippen LogP contribution in [0, 0.1) is 0 Å². The molecular weight excluding hydrogens is 446 g/mol. The van der Waals surface area contributed by atoms with Crippen LogP contribution in [0.1, 0.15) is 37.7 Å². The maximum Gasteiger partial charge on any atom is 0.245 e. The molecule has 3 aromatic heterocycles. The number of piperidine rings is 2. The monoisotopic (exact) mass is 477 g/mol. The number of carbonyl (C=O) groups is 1. The van der Waals surface area contributed by atoms with Crippen molar-refractivity contribution in [3.8, 4) is 0 Å². The van der Waals surface area contributed by atoms with Crippen LogP contribution in [-0.4, -0.2) is 62.9 Å². The smallest absolute Gasteiger partial charge is 0.245 e. The van der Waals surface area contributed by atoms with Crippen LogP contribution in [-0.2, 0) is 11.3 Å². The van der Waals surface area contributed by atoms with E-state index in [1.165, 1.54) is 42.2 Å². The fraction of sp³-hybridized carbons (Fsp3) is 0.440. The predicted octanol–water partition coefficient (Wildman–Crippen LogP) is 4.40. The molecule has 0 bridgehead atoms. The molecule has 0 spiro atoms. The number of hydrogen-bond acceptors (Lipinski definition) is 8. The zero-order valence-electron chi connectivity index (χ0n) is 19.4. The summed E-state index contributed by atoms with van der Waals surface area (Å²) in [6.07, 6.45) is 8.83. The Labute approximate surface area is 204 Å². The number of carbonyl (C=O) groups excluding carboxylic acids is 1. The molecular formula is C25H31N7OS. The van der Waals surface area contributed by atoms with E-state index in [1.807, 2.05) is 17.0 Å². The van der Waals surface area contributed by atoms with Gasteiger partial charge in [-0.1, -0.05) is 24.3 Å². The lowest BCUT2D eigenvalue weighted by molar-refractivity contribution is -0.126. The molecule has 34 heavy (non-hydrogen) atoms. The van der Waals surface area contributed by atoms with Crippen molar-refractivity contribution in [2.75, 3.05) is 36.8 Å². The highest BCUT2D eigenvalue weighted by atomic mass is 32.1. The van der Waals surface area contributed by atoms with E-state index in [9.17, 15) is 4.79 Å². The van der Waals surface area contributed by atoms with Gasteiger partial charge in [0.15, 0.2) is 5.13 Å². The molecule has 0 aromatic carbocycles. The van der Waals surface area contributed by atoms with Crippen molar-refractivity contribution in [3.05, 3.63) is 48.7 Å². The second-order valence-corrected chi connectivity index (χ2v) is 9.98. The number of amides is 1. The first-order valence-electron chi connectivity index (χ1n) is 12.1. The van der Waals surface area contributed by atoms with Crippen molar-refractivity contribution >= 4 is 44.4 Å². The maximum absolute atomic E-state index is 11.9. The summed E-state index contributed by atoms with van der Waals surface area (Å²) in [4.78, 5) is 31.1. The topological polar surface area (TPSA) is 86.3 Å². The zero-order chi connectivity index (χ0) is 23.3. The summed E-state index contributed by atoms with van der Waals surface area (Å²) in [7, 11) is 0. The van der Waals surface area contributed by atoms with Crippen molar-refractivity contribution in [2.24, 2.45) is 0 Å². The molecule has 178 valence electrons. The summed E-state index contributed by atoms with van der Waals surface area (Å²) in [5.74, 6) is 1.66. The first-order valence-corrected chi connectivity index (χ1v) is 12.9. The lowest BCUT2D eigenvalue weighted by atomic mass is 10.0. The van der Waals surface area contributed by atoms with E-state index in [-0.39, 0.29) is 11.9 Å². The van der Waals surface area contributed by atoms with Crippen LogP contribution in [0.3, 0.4) is 0 Å². The minimum Gasteiger partial charge on any atom is -0.367 e. The Balaban J connectivity index is 1.33. The Morgan fingerprint density at radius 1 is 1.12 bits per heavy atom. The Bertz CT molecular complexity index is 1120. The number of thiazole rings is 1. The van der Waals surface area contributed by atoms with Crippen LogP contribution in [0.4, 0.5) is 16.8 Å². The lowest BCUT2D eigenvalue weighted by Gasteiger charge is -2.32. The quantitative estimate of drug-likeness (QED) is 0.488. The third kappa shape index (κ3) is 5.53. The highest BCUT2D eigenvalue weighted by Crippen LogP contribution is 2.28. The van der Waals surface area contributed by atoms with Gasteiger partial charge in [0.1, 0.15) is 22.0 Å². The Morgan fingerprint density at radius 3 is 2.68 bits per heavy atom. The number of pyridine rings is 2. The van der Waals surface area contributed by atoms with Gasteiger partial charge >= 0.3 is 0 Å². The van der Waals surface area contributed by atoms with Gasteiger partial charge in [-0.2, -0.15) is 0 Å². The first kappa shape index (κ1) is 22.7. The highest BCUT2D eigenvalue weighted by molar-refractivity contribution is 7.21. The van der Waals surface area contributed by atoms with Gasteiger partial charge in [0.2, 0.25) is 5.91 Å². The van der Waals surface area contributed by atoms with E-state index >= 15 is 0 Å². The summed E-state index contributed by atoms with van der Waals surface area (Å²) >= 11 is 1.53. The van der Waals surface area contributed by atoms with E-state index < -0.39 is 0 Å². The van der Waals surface area contributed by atoms with E-state index in [0.717, 1.165) is 72.7 Å². The third-order valence-electron chi connectivity index (χ3n) is 6.47. The molecule has 9 heteroatoms. The van der Waals surface area contributed by atoms with Crippen molar-refractivity contribution in [3.63, 3.8) is 0 Å². The van der Waals surface area contributed by atoms with Gasteiger partial charge in [-0.25, -0.2) is 15.0 Å². The molecule has 0 saturated carbocycles. The number of fused-ring (bicyclic) bond motifs is 1. The Kier molecular flexibility index (Phi) is 7.01. The van der Waals surface area contributed by atoms with Gasteiger partial charge in [-0.05, 0) is 74.7 Å². The van der Waals surface area contributed by atoms with Gasteiger partial charge in [0.25, 0.3) is 0 Å². The Morgan fingerprint density at radius 2 is 1.91 bits per heavy atom. The van der Waals surface area contributed by atoms with Crippen LogP contribution >= 0.6 is 11.3 Å². The van der Waals surface area contributed by atoms with Crippen LogP contribution in [0.5, 0.6) is 0 Å². The SMILES string of the molecule is C=CC(=O)N1CCC(Nc2cc(CN3CCCCC3)cc(Nc3nc4cccnc4s3)n2)CC1. The molecule has 2 aliphatic rings. The fourth-order valence-corrected chi connectivity index (χ4v) is 5.52. The van der Waals surface area contributed by atoms with Crippen LogP contribution in [0.15, 0.2) is 43.1 Å². The van der Waals surface area contributed by atoms with Crippen LogP contribution in [0.2, 0.25) is 0 Å². The number of nitrogens with zero attached hydrogens (tertiary/aromatic N) is 5. The zero-order valence-corrected chi connectivity index (χ0v) is 20.2. The normalized spacial score (nSPS) is 17.6.